The molecule has 0 radical (unpaired) electrons. The molecule has 6 heteroatoms. The number of carbonyl (C=O) groups is 1. The highest BCUT2D eigenvalue weighted by molar-refractivity contribution is 6.31. The molecule has 3 rings (SSSR count). The van der Waals surface area contributed by atoms with Crippen LogP contribution in [0.2, 0.25) is 5.02 Å². The van der Waals surface area contributed by atoms with Gasteiger partial charge in [0.05, 0.1) is 5.69 Å². The number of hydrogen-bond donors (Lipinski definition) is 1. The molecule has 1 saturated carbocycles. The van der Waals surface area contributed by atoms with E-state index in [9.17, 15) is 9.59 Å². The number of aryl methyl sites for hydroxylation is 1. The van der Waals surface area contributed by atoms with Gasteiger partial charge in [-0.2, -0.15) is 5.10 Å². The molecule has 1 aromatic heterocycles. The standard InChI is InChI=1S/C17H18ClN3O2/c1-10-3-6-13(18)9-15(10)19-17(23)11(2)21-16(22)8-7-14(20-21)12-4-5-12/h3,6-9,11-12H,4-5H2,1-2H3,(H,19,23). The van der Waals surface area contributed by atoms with Crippen molar-refractivity contribution < 1.29 is 4.79 Å². The fourth-order valence-corrected chi connectivity index (χ4v) is 2.56. The van der Waals surface area contributed by atoms with Crippen molar-refractivity contribution in [3.63, 3.8) is 0 Å². The molecule has 0 aliphatic heterocycles. The van der Waals surface area contributed by atoms with Crippen LogP contribution in [0.1, 0.15) is 43.0 Å². The summed E-state index contributed by atoms with van der Waals surface area (Å²) in [5.74, 6) is 0.130. The Hall–Kier alpha value is -2.14. The fourth-order valence-electron chi connectivity index (χ4n) is 2.39. The number of rotatable bonds is 4. The van der Waals surface area contributed by atoms with Gasteiger partial charge in [0, 0.05) is 22.7 Å². The van der Waals surface area contributed by atoms with Gasteiger partial charge in [-0.05, 0) is 50.5 Å². The van der Waals surface area contributed by atoms with E-state index in [-0.39, 0.29) is 11.5 Å². The van der Waals surface area contributed by atoms with E-state index in [2.05, 4.69) is 10.4 Å². The Morgan fingerprint density at radius 1 is 1.35 bits per heavy atom. The minimum atomic E-state index is -0.695. The summed E-state index contributed by atoms with van der Waals surface area (Å²) < 4.78 is 1.25. The van der Waals surface area contributed by atoms with Crippen LogP contribution in [0.3, 0.4) is 0 Å². The lowest BCUT2D eigenvalue weighted by atomic mass is 10.2. The zero-order chi connectivity index (χ0) is 16.6. The summed E-state index contributed by atoms with van der Waals surface area (Å²) in [5, 5.41) is 7.72. The normalized spacial score (nSPS) is 15.3. The molecule has 1 unspecified atom stereocenters. The smallest absolute Gasteiger partial charge is 0.267 e. The first-order valence-electron chi connectivity index (χ1n) is 7.62. The van der Waals surface area contributed by atoms with Crippen molar-refractivity contribution in [1.82, 2.24) is 9.78 Å². The Morgan fingerprint density at radius 2 is 2.09 bits per heavy atom. The third-order valence-corrected chi connectivity index (χ3v) is 4.28. The van der Waals surface area contributed by atoms with Crippen LogP contribution in [0, 0.1) is 6.92 Å². The first-order valence-corrected chi connectivity index (χ1v) is 8.00. The van der Waals surface area contributed by atoms with Crippen LogP contribution in [0.5, 0.6) is 0 Å². The highest BCUT2D eigenvalue weighted by Gasteiger charge is 2.27. The van der Waals surface area contributed by atoms with Crippen molar-refractivity contribution in [2.24, 2.45) is 0 Å². The second kappa shape index (κ2) is 6.16. The average molecular weight is 332 g/mol. The lowest BCUT2D eigenvalue weighted by Gasteiger charge is -2.16. The van der Waals surface area contributed by atoms with Gasteiger partial charge in [-0.1, -0.05) is 17.7 Å². The molecule has 0 spiro atoms. The van der Waals surface area contributed by atoms with Crippen molar-refractivity contribution in [1.29, 1.82) is 0 Å². The number of amides is 1. The largest absolute Gasteiger partial charge is 0.324 e. The molecular weight excluding hydrogens is 314 g/mol. The number of halogens is 1. The fraction of sp³-hybridized carbons (Fsp3) is 0.353. The van der Waals surface area contributed by atoms with Gasteiger partial charge < -0.3 is 5.32 Å². The van der Waals surface area contributed by atoms with E-state index < -0.39 is 6.04 Å². The molecule has 1 heterocycles. The van der Waals surface area contributed by atoms with Crippen molar-refractivity contribution in [2.45, 2.75) is 38.6 Å². The maximum Gasteiger partial charge on any atom is 0.267 e. The maximum atomic E-state index is 12.5. The van der Waals surface area contributed by atoms with Gasteiger partial charge in [-0.25, -0.2) is 4.68 Å². The SMILES string of the molecule is Cc1ccc(Cl)cc1NC(=O)C(C)n1nc(C2CC2)ccc1=O. The Labute approximate surface area is 139 Å². The highest BCUT2D eigenvalue weighted by atomic mass is 35.5. The third kappa shape index (κ3) is 3.45. The van der Waals surface area contributed by atoms with Crippen LogP contribution >= 0.6 is 11.6 Å². The number of hydrogen-bond acceptors (Lipinski definition) is 3. The molecule has 0 saturated heterocycles. The molecule has 1 fully saturated rings. The van der Waals surface area contributed by atoms with Crippen molar-refractivity contribution in [3.05, 3.63) is 57.0 Å². The van der Waals surface area contributed by atoms with Crippen molar-refractivity contribution >= 4 is 23.2 Å². The number of nitrogens with zero attached hydrogens (tertiary/aromatic N) is 2. The molecule has 5 nitrogen and oxygen atoms in total. The zero-order valence-corrected chi connectivity index (χ0v) is 13.8. The summed E-state index contributed by atoms with van der Waals surface area (Å²) in [6, 6.07) is 7.83. The summed E-state index contributed by atoms with van der Waals surface area (Å²) in [7, 11) is 0. The number of benzene rings is 1. The lowest BCUT2D eigenvalue weighted by molar-refractivity contribution is -0.119. The third-order valence-electron chi connectivity index (χ3n) is 4.05. The average Bonchev–Trinajstić information content (AvgIpc) is 3.35. The number of anilines is 1. The molecule has 0 bridgehead atoms. The van der Waals surface area contributed by atoms with E-state index in [4.69, 9.17) is 11.6 Å². The first kappa shape index (κ1) is 15.7. The molecule has 1 aliphatic carbocycles. The van der Waals surface area contributed by atoms with Gasteiger partial charge in [0.1, 0.15) is 6.04 Å². The second-order valence-corrected chi connectivity index (χ2v) is 6.38. The van der Waals surface area contributed by atoms with Crippen LogP contribution in [-0.4, -0.2) is 15.7 Å². The zero-order valence-electron chi connectivity index (χ0n) is 13.0. The van der Waals surface area contributed by atoms with Gasteiger partial charge in [0.25, 0.3) is 5.56 Å². The minimum Gasteiger partial charge on any atom is -0.324 e. The molecular formula is C17H18ClN3O2. The molecule has 1 aromatic carbocycles. The van der Waals surface area contributed by atoms with Gasteiger partial charge in [-0.15, -0.1) is 0 Å². The molecule has 1 amide bonds. The second-order valence-electron chi connectivity index (χ2n) is 5.94. The van der Waals surface area contributed by atoms with Gasteiger partial charge in [-0.3, -0.25) is 9.59 Å². The van der Waals surface area contributed by atoms with Crippen molar-refractivity contribution in [2.75, 3.05) is 5.32 Å². The van der Waals surface area contributed by atoms with Crippen LogP contribution < -0.4 is 10.9 Å². The van der Waals surface area contributed by atoms with E-state index in [1.807, 2.05) is 13.0 Å². The predicted octanol–water partition coefficient (Wildman–Crippen LogP) is 3.28. The Morgan fingerprint density at radius 3 is 2.78 bits per heavy atom. The highest BCUT2D eigenvalue weighted by Crippen LogP contribution is 2.38. The van der Waals surface area contributed by atoms with Gasteiger partial charge >= 0.3 is 0 Å². The summed E-state index contributed by atoms with van der Waals surface area (Å²) in [5.41, 5.74) is 2.14. The van der Waals surface area contributed by atoms with Crippen LogP contribution in [0.4, 0.5) is 5.69 Å². The monoisotopic (exact) mass is 331 g/mol. The Bertz CT molecular complexity index is 812. The minimum absolute atomic E-state index is 0.278. The Kier molecular flexibility index (Phi) is 4.22. The van der Waals surface area contributed by atoms with E-state index in [0.29, 0.717) is 16.6 Å². The van der Waals surface area contributed by atoms with Crippen molar-refractivity contribution in [3.8, 4) is 0 Å². The molecule has 120 valence electrons. The quantitative estimate of drug-likeness (QED) is 0.935. The topological polar surface area (TPSA) is 64.0 Å². The predicted molar refractivity (Wildman–Crippen MR) is 90.0 cm³/mol. The molecule has 2 aromatic rings. The van der Waals surface area contributed by atoms with E-state index in [0.717, 1.165) is 24.1 Å². The lowest BCUT2D eigenvalue weighted by Crippen LogP contribution is -2.33. The molecule has 1 atom stereocenters. The number of nitrogens with one attached hydrogen (secondary N) is 1. The summed E-state index contributed by atoms with van der Waals surface area (Å²) in [6.45, 7) is 3.55. The van der Waals surface area contributed by atoms with E-state index >= 15 is 0 Å². The first-order chi connectivity index (χ1) is 11.0. The molecule has 23 heavy (non-hydrogen) atoms. The summed E-state index contributed by atoms with van der Waals surface area (Å²) in [6.07, 6.45) is 2.18. The summed E-state index contributed by atoms with van der Waals surface area (Å²) in [4.78, 5) is 24.5. The number of aromatic nitrogens is 2. The van der Waals surface area contributed by atoms with Crippen LogP contribution in [0.15, 0.2) is 35.1 Å². The Balaban J connectivity index is 1.83. The van der Waals surface area contributed by atoms with E-state index in [1.54, 1.807) is 25.1 Å². The van der Waals surface area contributed by atoms with E-state index in [1.165, 1.54) is 10.7 Å². The van der Waals surface area contributed by atoms with Gasteiger partial charge in [0.2, 0.25) is 5.91 Å². The maximum absolute atomic E-state index is 12.5. The molecule has 1 N–H and O–H groups in total. The van der Waals surface area contributed by atoms with Gasteiger partial charge in [0.15, 0.2) is 0 Å². The molecule has 1 aliphatic rings. The number of carbonyl (C=O) groups excluding carboxylic acids is 1. The van der Waals surface area contributed by atoms with Crippen LogP contribution in [-0.2, 0) is 4.79 Å². The summed E-state index contributed by atoms with van der Waals surface area (Å²) >= 11 is 5.97. The van der Waals surface area contributed by atoms with Crippen LogP contribution in [0.25, 0.3) is 0 Å².